The fourth-order valence-electron chi connectivity index (χ4n) is 3.08. The lowest BCUT2D eigenvalue weighted by atomic mass is 10.1. The summed E-state index contributed by atoms with van der Waals surface area (Å²) in [6.07, 6.45) is 3.96. The van der Waals surface area contributed by atoms with Crippen molar-refractivity contribution < 1.29 is 14.3 Å². The molecule has 1 N–H and O–H groups in total. The Hall–Kier alpha value is -3.15. The van der Waals surface area contributed by atoms with Crippen molar-refractivity contribution in [3.63, 3.8) is 0 Å². The molecule has 2 aromatic carbocycles. The van der Waals surface area contributed by atoms with Gasteiger partial charge in [-0.3, -0.25) is 9.59 Å². The second-order valence-corrected chi connectivity index (χ2v) is 6.93. The smallest absolute Gasteiger partial charge is 0.220 e. The topological polar surface area (TPSA) is 73.2 Å². The maximum Gasteiger partial charge on any atom is 0.220 e. The van der Waals surface area contributed by atoms with E-state index < -0.39 is 0 Å². The van der Waals surface area contributed by atoms with E-state index in [4.69, 9.17) is 4.74 Å². The number of para-hydroxylation sites is 2. The SMILES string of the molecule is CCCOc1ccc(C(=O)CCC(=O)NCCCn2cnc3ccccc32)cc1. The van der Waals surface area contributed by atoms with Gasteiger partial charge in [-0.1, -0.05) is 19.1 Å². The molecule has 0 fully saturated rings. The molecule has 6 nitrogen and oxygen atoms in total. The Morgan fingerprint density at radius 2 is 1.86 bits per heavy atom. The quantitative estimate of drug-likeness (QED) is 0.395. The maximum absolute atomic E-state index is 12.3. The molecule has 1 aromatic heterocycles. The molecular weight excluding hydrogens is 366 g/mol. The molecule has 0 saturated heterocycles. The highest BCUT2D eigenvalue weighted by Gasteiger charge is 2.09. The maximum atomic E-state index is 12.3. The molecule has 152 valence electrons. The van der Waals surface area contributed by atoms with Gasteiger partial charge in [-0.15, -0.1) is 0 Å². The first-order chi connectivity index (χ1) is 14.2. The van der Waals surface area contributed by atoms with Crippen molar-refractivity contribution in [1.82, 2.24) is 14.9 Å². The van der Waals surface area contributed by atoms with Gasteiger partial charge in [0.15, 0.2) is 5.78 Å². The minimum Gasteiger partial charge on any atom is -0.494 e. The Morgan fingerprint density at radius 1 is 1.07 bits per heavy atom. The fraction of sp³-hybridized carbons (Fsp3) is 0.348. The molecule has 6 heteroatoms. The Labute approximate surface area is 170 Å². The second-order valence-electron chi connectivity index (χ2n) is 6.93. The number of ether oxygens (including phenoxy) is 1. The van der Waals surface area contributed by atoms with Crippen LogP contribution in [0, 0.1) is 0 Å². The van der Waals surface area contributed by atoms with Gasteiger partial charge in [0.05, 0.1) is 24.0 Å². The van der Waals surface area contributed by atoms with Crippen LogP contribution in [-0.2, 0) is 11.3 Å². The molecule has 0 aliphatic heterocycles. The summed E-state index contributed by atoms with van der Waals surface area (Å²) in [5, 5.41) is 2.89. The highest BCUT2D eigenvalue weighted by atomic mass is 16.5. The number of rotatable bonds is 11. The van der Waals surface area contributed by atoms with Crippen molar-refractivity contribution in [3.05, 3.63) is 60.4 Å². The molecule has 0 unspecified atom stereocenters. The number of benzene rings is 2. The molecule has 0 aliphatic carbocycles. The van der Waals surface area contributed by atoms with Crippen molar-refractivity contribution >= 4 is 22.7 Å². The van der Waals surface area contributed by atoms with E-state index in [9.17, 15) is 9.59 Å². The largest absolute Gasteiger partial charge is 0.494 e. The molecule has 3 aromatic rings. The molecule has 29 heavy (non-hydrogen) atoms. The number of hydrogen-bond acceptors (Lipinski definition) is 4. The summed E-state index contributed by atoms with van der Waals surface area (Å²) in [7, 11) is 0. The third-order valence-electron chi connectivity index (χ3n) is 4.65. The van der Waals surface area contributed by atoms with Crippen LogP contribution in [0.15, 0.2) is 54.9 Å². The van der Waals surface area contributed by atoms with Gasteiger partial charge >= 0.3 is 0 Å². The average Bonchev–Trinajstić information content (AvgIpc) is 3.17. The third-order valence-corrected chi connectivity index (χ3v) is 4.65. The Kier molecular flexibility index (Phi) is 7.39. The van der Waals surface area contributed by atoms with E-state index in [0.29, 0.717) is 18.7 Å². The molecule has 0 radical (unpaired) electrons. The van der Waals surface area contributed by atoms with Crippen LogP contribution < -0.4 is 10.1 Å². The highest BCUT2D eigenvalue weighted by Crippen LogP contribution is 2.14. The number of hydrogen-bond donors (Lipinski definition) is 1. The Balaban J connectivity index is 1.35. The molecule has 3 rings (SSSR count). The number of amides is 1. The lowest BCUT2D eigenvalue weighted by Crippen LogP contribution is -2.25. The van der Waals surface area contributed by atoms with Gasteiger partial charge in [-0.05, 0) is 49.2 Å². The number of ketones is 1. The monoisotopic (exact) mass is 393 g/mol. The molecule has 0 saturated carbocycles. The number of aromatic nitrogens is 2. The molecule has 1 heterocycles. The van der Waals surface area contributed by atoms with E-state index in [1.165, 1.54) is 0 Å². The number of imidazole rings is 1. The van der Waals surface area contributed by atoms with Crippen molar-refractivity contribution in [1.29, 1.82) is 0 Å². The number of carbonyl (C=O) groups is 2. The van der Waals surface area contributed by atoms with Gasteiger partial charge in [-0.2, -0.15) is 0 Å². The van der Waals surface area contributed by atoms with Crippen molar-refractivity contribution in [2.45, 2.75) is 39.2 Å². The van der Waals surface area contributed by atoms with E-state index in [1.807, 2.05) is 37.5 Å². The summed E-state index contributed by atoms with van der Waals surface area (Å²) in [4.78, 5) is 28.6. The lowest BCUT2D eigenvalue weighted by Gasteiger charge is -2.07. The van der Waals surface area contributed by atoms with Crippen LogP contribution in [0.25, 0.3) is 11.0 Å². The van der Waals surface area contributed by atoms with Crippen molar-refractivity contribution in [2.24, 2.45) is 0 Å². The number of nitrogens with one attached hydrogen (secondary N) is 1. The number of aryl methyl sites for hydroxylation is 1. The lowest BCUT2D eigenvalue weighted by molar-refractivity contribution is -0.121. The Morgan fingerprint density at radius 3 is 2.66 bits per heavy atom. The Bertz CT molecular complexity index is 947. The molecule has 0 spiro atoms. The van der Waals surface area contributed by atoms with Crippen molar-refractivity contribution in [3.8, 4) is 5.75 Å². The van der Waals surface area contributed by atoms with E-state index in [1.54, 1.807) is 24.3 Å². The van der Waals surface area contributed by atoms with Gasteiger partial charge in [0.25, 0.3) is 0 Å². The molecular formula is C23H27N3O3. The number of carbonyl (C=O) groups excluding carboxylic acids is 2. The zero-order valence-electron chi connectivity index (χ0n) is 16.8. The van der Waals surface area contributed by atoms with Crippen LogP contribution >= 0.6 is 0 Å². The molecule has 1 amide bonds. The predicted molar refractivity (Wildman–Crippen MR) is 113 cm³/mol. The highest BCUT2D eigenvalue weighted by molar-refractivity contribution is 5.98. The summed E-state index contributed by atoms with van der Waals surface area (Å²) in [5.74, 6) is 0.621. The normalized spacial score (nSPS) is 10.8. The first-order valence-electron chi connectivity index (χ1n) is 10.1. The number of Topliss-reactive ketones (excluding diaryl/α,β-unsaturated/α-hetero) is 1. The standard InChI is InChI=1S/C23H27N3O3/c1-2-16-29-19-10-8-18(9-11-19)22(27)12-13-23(28)24-14-5-15-26-17-25-20-6-3-4-7-21(20)26/h3-4,6-11,17H,2,5,12-16H2,1H3,(H,24,28). The van der Waals surface area contributed by atoms with Crippen molar-refractivity contribution in [2.75, 3.05) is 13.2 Å². The van der Waals surface area contributed by atoms with Crippen LogP contribution in [0.5, 0.6) is 5.75 Å². The van der Waals surface area contributed by atoms with E-state index >= 15 is 0 Å². The molecule has 0 bridgehead atoms. The van der Waals surface area contributed by atoms with Gasteiger partial charge in [-0.25, -0.2) is 4.98 Å². The van der Waals surface area contributed by atoms with Gasteiger partial charge in [0, 0.05) is 31.5 Å². The summed E-state index contributed by atoms with van der Waals surface area (Å²) in [6, 6.07) is 15.1. The van der Waals surface area contributed by atoms with Crippen LogP contribution in [0.4, 0.5) is 0 Å². The van der Waals surface area contributed by atoms with Crippen LogP contribution in [-0.4, -0.2) is 34.4 Å². The van der Waals surface area contributed by atoms with E-state index in [-0.39, 0.29) is 24.5 Å². The van der Waals surface area contributed by atoms with Crippen LogP contribution in [0.3, 0.4) is 0 Å². The molecule has 0 atom stereocenters. The molecule has 0 aliphatic rings. The van der Waals surface area contributed by atoms with Crippen LogP contribution in [0.1, 0.15) is 43.0 Å². The average molecular weight is 393 g/mol. The first kappa shape index (κ1) is 20.6. The third kappa shape index (κ3) is 5.91. The van der Waals surface area contributed by atoms with Gasteiger partial charge < -0.3 is 14.6 Å². The zero-order valence-corrected chi connectivity index (χ0v) is 16.8. The second kappa shape index (κ2) is 10.4. The van der Waals surface area contributed by atoms with E-state index in [2.05, 4.69) is 14.9 Å². The minimum absolute atomic E-state index is 0.0351. The number of fused-ring (bicyclic) bond motifs is 1. The van der Waals surface area contributed by atoms with Gasteiger partial charge in [0.2, 0.25) is 5.91 Å². The summed E-state index contributed by atoms with van der Waals surface area (Å²) in [6.45, 7) is 4.06. The summed E-state index contributed by atoms with van der Waals surface area (Å²) in [5.41, 5.74) is 2.67. The summed E-state index contributed by atoms with van der Waals surface area (Å²) >= 11 is 0. The number of nitrogens with zero attached hydrogens (tertiary/aromatic N) is 2. The summed E-state index contributed by atoms with van der Waals surface area (Å²) < 4.78 is 7.59. The van der Waals surface area contributed by atoms with E-state index in [0.717, 1.165) is 36.2 Å². The van der Waals surface area contributed by atoms with Crippen LogP contribution in [0.2, 0.25) is 0 Å². The zero-order chi connectivity index (χ0) is 20.5. The van der Waals surface area contributed by atoms with Gasteiger partial charge in [0.1, 0.15) is 5.75 Å². The predicted octanol–water partition coefficient (Wildman–Crippen LogP) is 3.99. The first-order valence-corrected chi connectivity index (χ1v) is 10.1. The minimum atomic E-state index is -0.100. The fourth-order valence-corrected chi connectivity index (χ4v) is 3.08.